The molecule has 0 aromatic heterocycles. The predicted molar refractivity (Wildman–Crippen MR) is 99.4 cm³/mol. The van der Waals surface area contributed by atoms with Crippen molar-refractivity contribution in [2.24, 2.45) is 0 Å². The third-order valence-electron chi connectivity index (χ3n) is 4.27. The van der Waals surface area contributed by atoms with Crippen LogP contribution in [-0.2, 0) is 19.9 Å². The van der Waals surface area contributed by atoms with Crippen LogP contribution >= 0.6 is 0 Å². The van der Waals surface area contributed by atoms with E-state index in [1.54, 1.807) is 19.1 Å². The lowest BCUT2D eigenvalue weighted by Crippen LogP contribution is -2.29. The zero-order valence-electron chi connectivity index (χ0n) is 15.0. The van der Waals surface area contributed by atoms with Gasteiger partial charge in [0, 0.05) is 24.9 Å². The van der Waals surface area contributed by atoms with Crippen LogP contribution in [-0.4, -0.2) is 40.2 Å². The summed E-state index contributed by atoms with van der Waals surface area (Å²) < 4.78 is 49.9. The molecule has 8 heteroatoms. The molecule has 0 saturated heterocycles. The molecule has 0 aliphatic carbocycles. The number of rotatable bonds is 6. The molecule has 2 aromatic rings. The zero-order valence-corrected chi connectivity index (χ0v) is 16.6. The van der Waals surface area contributed by atoms with E-state index in [1.165, 1.54) is 54.7 Å². The van der Waals surface area contributed by atoms with E-state index in [-0.39, 0.29) is 15.6 Å². The lowest BCUT2D eigenvalue weighted by Gasteiger charge is -2.25. The monoisotopic (exact) mass is 395 g/mol. The zero-order chi connectivity index (χ0) is 19.7. The Morgan fingerprint density at radius 1 is 0.885 bits per heavy atom. The first kappa shape index (κ1) is 20.3. The Labute approximate surface area is 154 Å². The first-order chi connectivity index (χ1) is 11.9. The van der Waals surface area contributed by atoms with E-state index in [4.69, 9.17) is 0 Å². The number of Topliss-reactive ketones (excluding diaryl/α,β-unsaturated/α-hetero) is 1. The number of hydrogen-bond donors (Lipinski definition) is 0. The van der Waals surface area contributed by atoms with Gasteiger partial charge in [0.2, 0.25) is 10.0 Å². The summed E-state index contributed by atoms with van der Waals surface area (Å²) in [6.45, 7) is 3.13. The molecule has 0 spiro atoms. The number of benzene rings is 2. The molecular formula is C18H21NO5S2. The van der Waals surface area contributed by atoms with Crippen molar-refractivity contribution in [2.45, 2.75) is 29.7 Å². The lowest BCUT2D eigenvalue weighted by atomic mass is 10.1. The maximum Gasteiger partial charge on any atom is 0.243 e. The second kappa shape index (κ2) is 7.30. The number of nitrogens with zero attached hydrogens (tertiary/aromatic N) is 1. The molecule has 6 nitrogen and oxygen atoms in total. The van der Waals surface area contributed by atoms with Crippen LogP contribution in [0.4, 0.5) is 0 Å². The Kier molecular flexibility index (Phi) is 5.70. The Morgan fingerprint density at radius 3 is 1.77 bits per heavy atom. The van der Waals surface area contributed by atoms with Crippen molar-refractivity contribution in [3.63, 3.8) is 0 Å². The molecule has 0 radical (unpaired) electrons. The van der Waals surface area contributed by atoms with E-state index in [0.29, 0.717) is 11.1 Å². The minimum absolute atomic E-state index is 0.0876. The quantitative estimate of drug-likeness (QED) is 0.702. The van der Waals surface area contributed by atoms with Gasteiger partial charge < -0.3 is 0 Å². The normalized spacial score (nSPS) is 13.6. The number of carbonyl (C=O) groups is 1. The van der Waals surface area contributed by atoms with Crippen LogP contribution in [0.2, 0.25) is 0 Å². The summed E-state index contributed by atoms with van der Waals surface area (Å²) in [5.41, 5.74) is 1.11. The van der Waals surface area contributed by atoms with E-state index in [2.05, 4.69) is 0 Å². The van der Waals surface area contributed by atoms with E-state index in [9.17, 15) is 21.6 Å². The van der Waals surface area contributed by atoms with Gasteiger partial charge in [-0.25, -0.2) is 16.8 Å². The topological polar surface area (TPSA) is 88.6 Å². The highest BCUT2D eigenvalue weighted by Crippen LogP contribution is 2.26. The van der Waals surface area contributed by atoms with Gasteiger partial charge in [0.25, 0.3) is 0 Å². The average Bonchev–Trinajstić information content (AvgIpc) is 2.59. The molecular weight excluding hydrogens is 374 g/mol. The highest BCUT2D eigenvalue weighted by molar-refractivity contribution is 7.90. The molecule has 0 amide bonds. The van der Waals surface area contributed by atoms with Crippen LogP contribution in [0.3, 0.4) is 0 Å². The van der Waals surface area contributed by atoms with Crippen molar-refractivity contribution in [1.82, 2.24) is 4.31 Å². The molecule has 0 saturated carbocycles. The molecule has 2 rings (SSSR count). The third-order valence-corrected chi connectivity index (χ3v) is 7.34. The van der Waals surface area contributed by atoms with Gasteiger partial charge in [0.1, 0.15) is 0 Å². The molecule has 0 bridgehead atoms. The summed E-state index contributed by atoms with van der Waals surface area (Å²) in [4.78, 5) is 11.6. The summed E-state index contributed by atoms with van der Waals surface area (Å²) in [7, 11) is -5.61. The maximum atomic E-state index is 12.8. The second-order valence-electron chi connectivity index (χ2n) is 6.12. The fourth-order valence-corrected chi connectivity index (χ4v) is 4.42. The van der Waals surface area contributed by atoms with Crippen molar-refractivity contribution < 1.29 is 21.6 Å². The third kappa shape index (κ3) is 4.20. The summed E-state index contributed by atoms with van der Waals surface area (Å²) in [6.07, 6.45) is 1.12. The van der Waals surface area contributed by atoms with Crippen molar-refractivity contribution in [2.75, 3.05) is 13.3 Å². The maximum absolute atomic E-state index is 12.8. The standard InChI is InChI=1S/C18H21NO5S2/c1-13(15-5-9-17(10-6-15)25(4,21)22)19(3)26(23,24)18-11-7-16(8-12-18)14(2)20/h5-13H,1-4H3. The van der Waals surface area contributed by atoms with Gasteiger partial charge in [-0.05, 0) is 43.7 Å². The highest BCUT2D eigenvalue weighted by atomic mass is 32.2. The van der Waals surface area contributed by atoms with Crippen molar-refractivity contribution in [3.8, 4) is 0 Å². The summed E-state index contributed by atoms with van der Waals surface area (Å²) in [5, 5.41) is 0. The highest BCUT2D eigenvalue weighted by Gasteiger charge is 2.26. The molecule has 0 fully saturated rings. The fourth-order valence-electron chi connectivity index (χ4n) is 2.44. The van der Waals surface area contributed by atoms with E-state index < -0.39 is 25.9 Å². The number of sulfonamides is 1. The van der Waals surface area contributed by atoms with Gasteiger partial charge >= 0.3 is 0 Å². The molecule has 0 N–H and O–H groups in total. The minimum Gasteiger partial charge on any atom is -0.295 e. The molecule has 1 unspecified atom stereocenters. The SMILES string of the molecule is CC(=O)c1ccc(S(=O)(=O)N(C)C(C)c2ccc(S(C)(=O)=O)cc2)cc1. The van der Waals surface area contributed by atoms with Gasteiger partial charge in [0.15, 0.2) is 15.6 Å². The largest absolute Gasteiger partial charge is 0.295 e. The molecule has 0 heterocycles. The van der Waals surface area contributed by atoms with Crippen LogP contribution < -0.4 is 0 Å². The average molecular weight is 396 g/mol. The van der Waals surface area contributed by atoms with Gasteiger partial charge in [-0.2, -0.15) is 4.31 Å². The van der Waals surface area contributed by atoms with Gasteiger partial charge in [-0.15, -0.1) is 0 Å². The Hall–Kier alpha value is -2.03. The van der Waals surface area contributed by atoms with Crippen LogP contribution in [0.15, 0.2) is 58.3 Å². The molecule has 26 heavy (non-hydrogen) atoms. The van der Waals surface area contributed by atoms with Crippen LogP contribution in [0.25, 0.3) is 0 Å². The second-order valence-corrected chi connectivity index (χ2v) is 10.1. The van der Waals surface area contributed by atoms with Crippen molar-refractivity contribution in [3.05, 3.63) is 59.7 Å². The first-order valence-electron chi connectivity index (χ1n) is 7.83. The Morgan fingerprint density at radius 2 is 1.35 bits per heavy atom. The number of hydrogen-bond acceptors (Lipinski definition) is 5. The summed E-state index contributed by atoms with van der Waals surface area (Å²) in [6, 6.07) is 11.4. The molecule has 0 aliphatic heterocycles. The van der Waals surface area contributed by atoms with Crippen LogP contribution in [0.5, 0.6) is 0 Å². The smallest absolute Gasteiger partial charge is 0.243 e. The number of ketones is 1. The van der Waals surface area contributed by atoms with E-state index in [0.717, 1.165) is 6.26 Å². The van der Waals surface area contributed by atoms with Crippen molar-refractivity contribution >= 4 is 25.6 Å². The summed E-state index contributed by atoms with van der Waals surface area (Å²) in [5.74, 6) is -0.137. The molecule has 140 valence electrons. The number of sulfone groups is 1. The Balaban J connectivity index is 2.30. The van der Waals surface area contributed by atoms with E-state index >= 15 is 0 Å². The number of carbonyl (C=O) groups excluding carboxylic acids is 1. The lowest BCUT2D eigenvalue weighted by molar-refractivity contribution is 0.101. The van der Waals surface area contributed by atoms with Crippen molar-refractivity contribution in [1.29, 1.82) is 0 Å². The summed E-state index contributed by atoms with van der Waals surface area (Å²) >= 11 is 0. The van der Waals surface area contributed by atoms with Gasteiger partial charge in [-0.1, -0.05) is 24.3 Å². The minimum atomic E-state index is -3.76. The van der Waals surface area contributed by atoms with Crippen LogP contribution in [0.1, 0.15) is 35.8 Å². The van der Waals surface area contributed by atoms with Gasteiger partial charge in [-0.3, -0.25) is 4.79 Å². The molecule has 1 atom stereocenters. The predicted octanol–water partition coefficient (Wildman–Crippen LogP) is 2.67. The van der Waals surface area contributed by atoms with E-state index in [1.807, 2.05) is 0 Å². The molecule has 2 aromatic carbocycles. The first-order valence-corrected chi connectivity index (χ1v) is 11.2. The molecule has 0 aliphatic rings. The fraction of sp³-hybridized carbons (Fsp3) is 0.278. The van der Waals surface area contributed by atoms with Gasteiger partial charge in [0.05, 0.1) is 9.79 Å². The van der Waals surface area contributed by atoms with Crippen LogP contribution in [0, 0.1) is 0 Å². The Bertz CT molecular complexity index is 1010.